The van der Waals surface area contributed by atoms with E-state index in [1.165, 1.54) is 18.2 Å². The molecule has 8 heteroatoms. The van der Waals surface area contributed by atoms with Crippen molar-refractivity contribution in [3.8, 4) is 6.07 Å². The van der Waals surface area contributed by atoms with Gasteiger partial charge in [0.15, 0.2) is 0 Å². The van der Waals surface area contributed by atoms with Gasteiger partial charge in [0.05, 0.1) is 16.5 Å². The third-order valence-electron chi connectivity index (χ3n) is 4.51. The number of hydrogen-bond acceptors (Lipinski definition) is 5. The molecule has 1 aliphatic rings. The first-order chi connectivity index (χ1) is 14.5. The van der Waals surface area contributed by atoms with Gasteiger partial charge in [-0.15, -0.1) is 0 Å². The molecule has 0 radical (unpaired) electrons. The molecule has 2 N–H and O–H groups in total. The van der Waals surface area contributed by atoms with Crippen LogP contribution in [0.3, 0.4) is 0 Å². The molecule has 0 saturated carbocycles. The lowest BCUT2D eigenvalue weighted by Crippen LogP contribution is -2.30. The van der Waals surface area contributed by atoms with Crippen molar-refractivity contribution < 1.29 is 13.2 Å². The van der Waals surface area contributed by atoms with Crippen LogP contribution < -0.4 is 10.0 Å². The SMILES string of the molecule is N#Cc1ccc(/C=C/C(=O)Nc2cccc(S(=O)(=O)NC3=NCCCCC3)c2)cc1. The Labute approximate surface area is 176 Å². The molecule has 0 spiro atoms. The highest BCUT2D eigenvalue weighted by atomic mass is 32.2. The zero-order chi connectivity index (χ0) is 21.4. The number of sulfonamides is 1. The van der Waals surface area contributed by atoms with E-state index in [4.69, 9.17) is 5.26 Å². The number of amidine groups is 1. The summed E-state index contributed by atoms with van der Waals surface area (Å²) in [7, 11) is -3.77. The molecule has 7 nitrogen and oxygen atoms in total. The van der Waals surface area contributed by atoms with Crippen LogP contribution >= 0.6 is 0 Å². The van der Waals surface area contributed by atoms with E-state index in [0.717, 1.165) is 24.8 Å². The molecule has 0 unspecified atom stereocenters. The number of nitriles is 1. The van der Waals surface area contributed by atoms with Gasteiger partial charge in [-0.1, -0.05) is 24.6 Å². The molecule has 0 saturated heterocycles. The van der Waals surface area contributed by atoms with Crippen LogP contribution in [0.5, 0.6) is 0 Å². The number of amides is 1. The predicted octanol–water partition coefficient (Wildman–Crippen LogP) is 3.46. The Morgan fingerprint density at radius 1 is 1.10 bits per heavy atom. The minimum absolute atomic E-state index is 0.0586. The summed E-state index contributed by atoms with van der Waals surface area (Å²) in [6.07, 6.45) is 6.47. The zero-order valence-corrected chi connectivity index (χ0v) is 17.2. The molecule has 0 atom stereocenters. The number of benzene rings is 2. The number of carbonyl (C=O) groups is 1. The smallest absolute Gasteiger partial charge is 0.262 e. The number of aliphatic imine (C=N–C) groups is 1. The van der Waals surface area contributed by atoms with Crippen LogP contribution in [0.1, 0.15) is 36.8 Å². The molecule has 1 amide bonds. The van der Waals surface area contributed by atoms with Crippen LogP contribution in [-0.4, -0.2) is 26.7 Å². The van der Waals surface area contributed by atoms with Crippen LogP contribution in [0.25, 0.3) is 6.08 Å². The summed E-state index contributed by atoms with van der Waals surface area (Å²) >= 11 is 0. The van der Waals surface area contributed by atoms with Gasteiger partial charge < -0.3 is 5.32 Å². The first-order valence-corrected chi connectivity index (χ1v) is 11.1. The molecule has 3 rings (SSSR count). The van der Waals surface area contributed by atoms with Crippen molar-refractivity contribution >= 4 is 33.5 Å². The lowest BCUT2D eigenvalue weighted by Gasteiger charge is -2.11. The second kappa shape index (κ2) is 9.85. The summed E-state index contributed by atoms with van der Waals surface area (Å²) < 4.78 is 27.9. The van der Waals surface area contributed by atoms with Crippen molar-refractivity contribution in [1.82, 2.24) is 4.72 Å². The Balaban J connectivity index is 1.66. The molecule has 154 valence electrons. The fourth-order valence-electron chi connectivity index (χ4n) is 2.94. The first kappa shape index (κ1) is 21.3. The zero-order valence-electron chi connectivity index (χ0n) is 16.3. The van der Waals surface area contributed by atoms with Crippen LogP contribution in [0.4, 0.5) is 5.69 Å². The number of anilines is 1. The fraction of sp³-hybridized carbons (Fsp3) is 0.227. The lowest BCUT2D eigenvalue weighted by atomic mass is 10.1. The van der Waals surface area contributed by atoms with Crippen molar-refractivity contribution in [1.29, 1.82) is 5.26 Å². The van der Waals surface area contributed by atoms with E-state index in [-0.39, 0.29) is 4.90 Å². The van der Waals surface area contributed by atoms with Gasteiger partial charge in [-0.25, -0.2) is 8.42 Å². The van der Waals surface area contributed by atoms with Gasteiger partial charge in [0.2, 0.25) is 5.91 Å². The Hall–Kier alpha value is -3.44. The second-order valence-electron chi connectivity index (χ2n) is 6.83. The Bertz CT molecular complexity index is 1110. The Morgan fingerprint density at radius 3 is 2.67 bits per heavy atom. The number of hydrogen-bond donors (Lipinski definition) is 2. The molecular weight excluding hydrogens is 400 g/mol. The molecule has 0 aromatic heterocycles. The summed E-state index contributed by atoms with van der Waals surface area (Å²) in [6.45, 7) is 0.625. The molecular formula is C22H22N4O3S. The highest BCUT2D eigenvalue weighted by Crippen LogP contribution is 2.17. The molecule has 1 aliphatic heterocycles. The summed E-state index contributed by atoms with van der Waals surface area (Å²) in [4.78, 5) is 16.5. The summed E-state index contributed by atoms with van der Waals surface area (Å²) in [6, 6.07) is 14.9. The lowest BCUT2D eigenvalue weighted by molar-refractivity contribution is -0.111. The molecule has 0 aliphatic carbocycles. The van der Waals surface area contributed by atoms with Crippen molar-refractivity contribution in [2.24, 2.45) is 4.99 Å². The number of rotatable bonds is 5. The van der Waals surface area contributed by atoms with Gasteiger partial charge in [-0.3, -0.25) is 14.5 Å². The van der Waals surface area contributed by atoms with E-state index < -0.39 is 15.9 Å². The van der Waals surface area contributed by atoms with Crippen LogP contribution in [0.2, 0.25) is 0 Å². The van der Waals surface area contributed by atoms with E-state index >= 15 is 0 Å². The third kappa shape index (κ3) is 6.03. The van der Waals surface area contributed by atoms with E-state index in [1.807, 2.05) is 6.07 Å². The quantitative estimate of drug-likeness (QED) is 0.719. The Morgan fingerprint density at radius 2 is 1.90 bits per heavy atom. The fourth-order valence-corrected chi connectivity index (χ4v) is 4.07. The molecule has 0 fully saturated rings. The highest BCUT2D eigenvalue weighted by molar-refractivity contribution is 7.90. The maximum Gasteiger partial charge on any atom is 0.262 e. The number of nitrogens with one attached hydrogen (secondary N) is 2. The maximum atomic E-state index is 12.7. The average molecular weight is 423 g/mol. The molecule has 2 aromatic carbocycles. The average Bonchev–Trinajstić information content (AvgIpc) is 3.01. The largest absolute Gasteiger partial charge is 0.322 e. The van der Waals surface area contributed by atoms with Crippen LogP contribution in [0.15, 0.2) is 64.5 Å². The predicted molar refractivity (Wildman–Crippen MR) is 116 cm³/mol. The first-order valence-electron chi connectivity index (χ1n) is 9.62. The number of carbonyl (C=O) groups excluding carboxylic acids is 1. The van der Waals surface area contributed by atoms with Gasteiger partial charge >= 0.3 is 0 Å². The highest BCUT2D eigenvalue weighted by Gasteiger charge is 2.17. The van der Waals surface area contributed by atoms with Gasteiger partial charge in [0.25, 0.3) is 10.0 Å². The maximum absolute atomic E-state index is 12.7. The number of nitrogens with zero attached hydrogens (tertiary/aromatic N) is 2. The van der Waals surface area contributed by atoms with E-state index in [2.05, 4.69) is 15.0 Å². The normalized spacial score (nSPS) is 14.4. The van der Waals surface area contributed by atoms with Gasteiger partial charge in [0, 0.05) is 24.7 Å². The van der Waals surface area contributed by atoms with E-state index in [9.17, 15) is 13.2 Å². The van der Waals surface area contributed by atoms with Gasteiger partial charge in [-0.05, 0) is 54.8 Å². The minimum atomic E-state index is -3.77. The molecule has 1 heterocycles. The Kier molecular flexibility index (Phi) is 6.99. The van der Waals surface area contributed by atoms with E-state index in [1.54, 1.807) is 42.5 Å². The molecule has 0 bridgehead atoms. The van der Waals surface area contributed by atoms with Crippen molar-refractivity contribution in [3.63, 3.8) is 0 Å². The molecule has 30 heavy (non-hydrogen) atoms. The van der Waals surface area contributed by atoms with Crippen molar-refractivity contribution in [3.05, 3.63) is 65.7 Å². The van der Waals surface area contributed by atoms with Crippen LogP contribution in [-0.2, 0) is 14.8 Å². The van der Waals surface area contributed by atoms with E-state index in [0.29, 0.717) is 30.1 Å². The summed E-state index contributed by atoms with van der Waals surface area (Å²) in [5, 5.41) is 11.5. The van der Waals surface area contributed by atoms with Gasteiger partial charge in [0.1, 0.15) is 5.84 Å². The topological polar surface area (TPSA) is 111 Å². The van der Waals surface area contributed by atoms with Crippen molar-refractivity contribution in [2.75, 3.05) is 11.9 Å². The monoisotopic (exact) mass is 422 g/mol. The minimum Gasteiger partial charge on any atom is -0.322 e. The second-order valence-corrected chi connectivity index (χ2v) is 8.51. The summed E-state index contributed by atoms with van der Waals surface area (Å²) in [5.41, 5.74) is 1.68. The van der Waals surface area contributed by atoms with Crippen molar-refractivity contribution in [2.45, 2.75) is 30.6 Å². The van der Waals surface area contributed by atoms with Gasteiger partial charge in [-0.2, -0.15) is 5.26 Å². The summed E-state index contributed by atoms with van der Waals surface area (Å²) in [5.74, 6) is 0.0855. The molecule has 2 aromatic rings. The third-order valence-corrected chi connectivity index (χ3v) is 5.88. The standard InChI is InChI=1S/C22H22N4O3S/c23-16-18-10-8-17(9-11-18)12-13-22(27)25-19-5-4-6-20(15-19)30(28,29)26-21-7-2-1-3-14-24-21/h4-6,8-13,15H,1-3,7,14H2,(H,24,26)(H,25,27)/b13-12+. The van der Waals surface area contributed by atoms with Crippen LogP contribution in [0, 0.1) is 11.3 Å².